The van der Waals surface area contributed by atoms with Crippen molar-refractivity contribution < 1.29 is 13.8 Å². The fraction of sp³-hybridized carbons (Fsp3) is 0.227. The molecule has 1 saturated heterocycles. The van der Waals surface area contributed by atoms with Gasteiger partial charge in [-0.3, -0.25) is 4.79 Å². The van der Waals surface area contributed by atoms with E-state index in [9.17, 15) is 4.79 Å². The highest BCUT2D eigenvalue weighted by Crippen LogP contribution is 2.22. The van der Waals surface area contributed by atoms with E-state index in [0.29, 0.717) is 49.3 Å². The Kier molecular flexibility index (Phi) is 4.91. The maximum Gasteiger partial charge on any atom is 0.276 e. The van der Waals surface area contributed by atoms with Crippen LogP contribution in [0.4, 0.5) is 5.82 Å². The van der Waals surface area contributed by atoms with E-state index < -0.39 is 0 Å². The molecule has 0 N–H and O–H groups in total. The lowest BCUT2D eigenvalue weighted by molar-refractivity contribution is 0.0736. The summed E-state index contributed by atoms with van der Waals surface area (Å²) in [5.41, 5.74) is 2.02. The molecule has 9 heteroatoms. The van der Waals surface area contributed by atoms with Gasteiger partial charge in [-0.05, 0) is 12.1 Å². The second-order valence-electron chi connectivity index (χ2n) is 7.26. The Balaban J connectivity index is 1.21. The molecule has 0 bridgehead atoms. The van der Waals surface area contributed by atoms with Crippen molar-refractivity contribution in [1.82, 2.24) is 25.2 Å². The Labute approximate surface area is 178 Å². The van der Waals surface area contributed by atoms with Crippen molar-refractivity contribution in [2.45, 2.75) is 6.92 Å². The second-order valence-corrected chi connectivity index (χ2v) is 7.26. The molecule has 5 rings (SSSR count). The van der Waals surface area contributed by atoms with Crippen LogP contribution in [0.1, 0.15) is 16.4 Å². The predicted octanol–water partition coefficient (Wildman–Crippen LogP) is 3.06. The van der Waals surface area contributed by atoms with Crippen LogP contribution in [-0.4, -0.2) is 57.3 Å². The largest absolute Gasteiger partial charge is 0.355 e. The van der Waals surface area contributed by atoms with Crippen LogP contribution in [-0.2, 0) is 0 Å². The Bertz CT molecular complexity index is 1180. The third-order valence-corrected chi connectivity index (χ3v) is 5.21. The molecule has 3 aromatic heterocycles. The number of aryl methyl sites for hydroxylation is 1. The molecule has 31 heavy (non-hydrogen) atoms. The molecule has 0 spiro atoms. The molecule has 1 aliphatic rings. The van der Waals surface area contributed by atoms with Gasteiger partial charge in [0.05, 0.1) is 0 Å². The Hall–Kier alpha value is -4.01. The Morgan fingerprint density at radius 2 is 1.74 bits per heavy atom. The van der Waals surface area contributed by atoms with E-state index in [4.69, 9.17) is 9.05 Å². The Morgan fingerprint density at radius 1 is 0.935 bits per heavy atom. The van der Waals surface area contributed by atoms with Crippen molar-refractivity contribution in [3.63, 3.8) is 0 Å². The van der Waals surface area contributed by atoms with Crippen LogP contribution in [0.3, 0.4) is 0 Å². The highest BCUT2D eigenvalue weighted by Gasteiger charge is 2.25. The number of carbonyl (C=O) groups excluding carboxylic acids is 1. The van der Waals surface area contributed by atoms with Gasteiger partial charge in [-0.25, -0.2) is 4.98 Å². The van der Waals surface area contributed by atoms with Crippen molar-refractivity contribution >= 4 is 11.7 Å². The van der Waals surface area contributed by atoms with Crippen molar-refractivity contribution in [2.75, 3.05) is 31.1 Å². The molecule has 156 valence electrons. The van der Waals surface area contributed by atoms with Crippen molar-refractivity contribution in [3.8, 4) is 22.7 Å². The monoisotopic (exact) mass is 416 g/mol. The summed E-state index contributed by atoms with van der Waals surface area (Å²) >= 11 is 0. The number of amides is 1. The van der Waals surface area contributed by atoms with Gasteiger partial charge in [0, 0.05) is 56.5 Å². The van der Waals surface area contributed by atoms with Gasteiger partial charge in [0.1, 0.15) is 5.82 Å². The molecule has 0 aliphatic carbocycles. The Morgan fingerprint density at radius 3 is 2.42 bits per heavy atom. The zero-order valence-corrected chi connectivity index (χ0v) is 16.9. The van der Waals surface area contributed by atoms with Gasteiger partial charge in [-0.1, -0.05) is 40.6 Å². The van der Waals surface area contributed by atoms with Crippen LogP contribution in [0.2, 0.25) is 0 Å². The van der Waals surface area contributed by atoms with E-state index >= 15 is 0 Å². The molecule has 0 atom stereocenters. The number of carbonyl (C=O) groups is 1. The average molecular weight is 416 g/mol. The number of anilines is 1. The third-order valence-electron chi connectivity index (χ3n) is 5.21. The molecule has 9 nitrogen and oxygen atoms in total. The zero-order chi connectivity index (χ0) is 21.2. The number of aromatic nitrogens is 4. The minimum absolute atomic E-state index is 0.124. The van der Waals surface area contributed by atoms with Crippen LogP contribution in [0, 0.1) is 6.92 Å². The molecule has 0 saturated carbocycles. The number of pyridine rings is 1. The minimum Gasteiger partial charge on any atom is -0.355 e. The lowest BCUT2D eigenvalue weighted by Gasteiger charge is -2.35. The molecule has 4 aromatic rings. The van der Waals surface area contributed by atoms with E-state index in [1.165, 1.54) is 0 Å². The highest BCUT2D eigenvalue weighted by molar-refractivity contribution is 5.93. The summed E-state index contributed by atoms with van der Waals surface area (Å²) in [6.45, 7) is 4.28. The van der Waals surface area contributed by atoms with E-state index in [1.54, 1.807) is 24.1 Å². The fourth-order valence-corrected chi connectivity index (χ4v) is 3.54. The van der Waals surface area contributed by atoms with Crippen LogP contribution < -0.4 is 4.90 Å². The van der Waals surface area contributed by atoms with Crippen LogP contribution >= 0.6 is 0 Å². The van der Waals surface area contributed by atoms with Crippen molar-refractivity contribution in [3.05, 3.63) is 66.3 Å². The molecule has 1 aliphatic heterocycles. The quantitative estimate of drug-likeness (QED) is 0.500. The van der Waals surface area contributed by atoms with Gasteiger partial charge < -0.3 is 18.8 Å². The van der Waals surface area contributed by atoms with E-state index in [0.717, 1.165) is 16.9 Å². The van der Waals surface area contributed by atoms with Crippen molar-refractivity contribution in [2.24, 2.45) is 0 Å². The lowest BCUT2D eigenvalue weighted by atomic mass is 10.1. The molecule has 1 fully saturated rings. The summed E-state index contributed by atoms with van der Waals surface area (Å²) in [5.74, 6) is 2.35. The molecule has 1 amide bonds. The first-order valence-electron chi connectivity index (χ1n) is 10.0. The maximum atomic E-state index is 12.8. The second kappa shape index (κ2) is 8.02. The number of nitrogens with zero attached hydrogens (tertiary/aromatic N) is 6. The molecule has 0 unspecified atom stereocenters. The van der Waals surface area contributed by atoms with Gasteiger partial charge in [0.25, 0.3) is 5.91 Å². The van der Waals surface area contributed by atoms with E-state index in [1.807, 2.05) is 42.5 Å². The molecule has 4 heterocycles. The van der Waals surface area contributed by atoms with Gasteiger partial charge in [0.2, 0.25) is 11.7 Å². The summed E-state index contributed by atoms with van der Waals surface area (Å²) in [6.07, 6.45) is 1.73. The first-order valence-corrected chi connectivity index (χ1v) is 10.0. The zero-order valence-electron chi connectivity index (χ0n) is 16.9. The normalized spacial score (nSPS) is 14.1. The highest BCUT2D eigenvalue weighted by atomic mass is 16.5. The first-order chi connectivity index (χ1) is 15.2. The molecular formula is C22H20N6O3. The molecular weight excluding hydrogens is 396 g/mol. The van der Waals surface area contributed by atoms with Crippen LogP contribution in [0.25, 0.3) is 22.7 Å². The number of hydrogen-bond acceptors (Lipinski definition) is 8. The SMILES string of the molecule is Cc1nc(-c2ccc(N3CCN(C(=O)c4cc(-c5ccccc5)on4)CC3)nc2)no1. The van der Waals surface area contributed by atoms with Crippen LogP contribution in [0.15, 0.2) is 63.8 Å². The maximum absolute atomic E-state index is 12.8. The minimum atomic E-state index is -0.124. The summed E-state index contributed by atoms with van der Waals surface area (Å²) in [4.78, 5) is 25.5. The summed E-state index contributed by atoms with van der Waals surface area (Å²) in [5, 5.41) is 7.88. The smallest absolute Gasteiger partial charge is 0.276 e. The summed E-state index contributed by atoms with van der Waals surface area (Å²) in [7, 11) is 0. The number of benzene rings is 1. The van der Waals surface area contributed by atoms with E-state index in [2.05, 4.69) is 25.2 Å². The average Bonchev–Trinajstić information content (AvgIpc) is 3.49. The first kappa shape index (κ1) is 19.0. The standard InChI is InChI=1S/C22H20N6O3/c1-15-24-21(26-30-15)17-7-8-20(23-14-17)27-9-11-28(12-10-27)22(29)18-13-19(31-25-18)16-5-3-2-4-6-16/h2-8,13-14H,9-12H2,1H3. The van der Waals surface area contributed by atoms with Gasteiger partial charge >= 0.3 is 0 Å². The molecule has 1 aromatic carbocycles. The topological polar surface area (TPSA) is 101 Å². The third kappa shape index (κ3) is 3.89. The van der Waals surface area contributed by atoms with Gasteiger partial charge in [-0.15, -0.1) is 0 Å². The van der Waals surface area contributed by atoms with Crippen molar-refractivity contribution in [1.29, 1.82) is 0 Å². The fourth-order valence-electron chi connectivity index (χ4n) is 3.54. The van der Waals surface area contributed by atoms with Gasteiger partial charge in [0.15, 0.2) is 11.5 Å². The van der Waals surface area contributed by atoms with Gasteiger partial charge in [-0.2, -0.15) is 4.98 Å². The predicted molar refractivity (Wildman–Crippen MR) is 112 cm³/mol. The number of piperazine rings is 1. The number of hydrogen-bond donors (Lipinski definition) is 0. The van der Waals surface area contributed by atoms with Crippen LogP contribution in [0.5, 0.6) is 0 Å². The lowest BCUT2D eigenvalue weighted by Crippen LogP contribution is -2.49. The molecule has 0 radical (unpaired) electrons. The summed E-state index contributed by atoms with van der Waals surface area (Å²) < 4.78 is 10.4. The summed E-state index contributed by atoms with van der Waals surface area (Å²) in [6, 6.07) is 15.2. The van der Waals surface area contributed by atoms with E-state index in [-0.39, 0.29) is 5.91 Å². The number of rotatable bonds is 4.